The number of nitriles is 1. The molecule has 9 heteroatoms. The first-order chi connectivity index (χ1) is 15.1. The van der Waals surface area contributed by atoms with Crippen LogP contribution >= 0.6 is 0 Å². The molecule has 7 nitrogen and oxygen atoms in total. The summed E-state index contributed by atoms with van der Waals surface area (Å²) in [6, 6.07) is 13.9. The van der Waals surface area contributed by atoms with Crippen LogP contribution in [-0.2, 0) is 0 Å². The molecule has 4 N–H and O–H groups in total. The van der Waals surface area contributed by atoms with Crippen molar-refractivity contribution in [3.8, 4) is 34.5 Å². The number of halogens is 2. The molecule has 0 saturated heterocycles. The SMILES string of the molecule is N#CC1=C(N)Oc2n[nH]c(-c3ccc(F)cc3)c2[C@H]1c1cn[nH]c1-c1ccc(F)cc1. The van der Waals surface area contributed by atoms with Gasteiger partial charge in [-0.2, -0.15) is 10.4 Å². The molecule has 1 atom stereocenters. The molecule has 0 amide bonds. The van der Waals surface area contributed by atoms with E-state index in [1.165, 1.54) is 24.3 Å². The Kier molecular flexibility index (Phi) is 4.26. The number of hydrogen-bond donors (Lipinski definition) is 3. The highest BCUT2D eigenvalue weighted by molar-refractivity contribution is 5.74. The topological polar surface area (TPSA) is 116 Å². The van der Waals surface area contributed by atoms with E-state index in [1.54, 1.807) is 30.5 Å². The second-order valence-corrected chi connectivity index (χ2v) is 6.96. The van der Waals surface area contributed by atoms with Crippen molar-refractivity contribution in [2.45, 2.75) is 5.92 Å². The molecule has 4 aromatic rings. The zero-order valence-electron chi connectivity index (χ0n) is 15.9. The Balaban J connectivity index is 1.72. The van der Waals surface area contributed by atoms with Gasteiger partial charge in [-0.3, -0.25) is 10.2 Å². The fourth-order valence-electron chi connectivity index (χ4n) is 3.75. The monoisotopic (exact) mass is 416 g/mol. The number of H-pyrrole nitrogens is 2. The Morgan fingerprint density at radius 2 is 1.55 bits per heavy atom. The summed E-state index contributed by atoms with van der Waals surface area (Å²) in [5, 5.41) is 24.0. The lowest BCUT2D eigenvalue weighted by Gasteiger charge is -2.24. The van der Waals surface area contributed by atoms with E-state index in [0.29, 0.717) is 33.6 Å². The van der Waals surface area contributed by atoms with Crippen molar-refractivity contribution in [3.05, 3.63) is 88.9 Å². The Hall–Kier alpha value is -4.45. The van der Waals surface area contributed by atoms with E-state index >= 15 is 0 Å². The molecule has 0 bridgehead atoms. The van der Waals surface area contributed by atoms with Crippen LogP contribution in [-0.4, -0.2) is 20.4 Å². The number of allylic oxidation sites excluding steroid dienone is 1. The summed E-state index contributed by atoms with van der Waals surface area (Å²) >= 11 is 0. The average Bonchev–Trinajstić information content (AvgIpc) is 3.41. The highest BCUT2D eigenvalue weighted by Crippen LogP contribution is 2.47. The summed E-state index contributed by atoms with van der Waals surface area (Å²) in [6.07, 6.45) is 1.59. The van der Waals surface area contributed by atoms with Gasteiger partial charge < -0.3 is 10.5 Å². The zero-order chi connectivity index (χ0) is 21.5. The molecule has 31 heavy (non-hydrogen) atoms. The minimum atomic E-state index is -0.661. The Morgan fingerprint density at radius 1 is 0.935 bits per heavy atom. The largest absolute Gasteiger partial charge is 0.420 e. The second kappa shape index (κ2) is 7.11. The van der Waals surface area contributed by atoms with Crippen LogP contribution in [0.15, 0.2) is 66.2 Å². The number of rotatable bonds is 3. The van der Waals surface area contributed by atoms with Crippen LogP contribution in [0.1, 0.15) is 17.0 Å². The van der Waals surface area contributed by atoms with Gasteiger partial charge in [0.1, 0.15) is 23.3 Å². The fraction of sp³-hybridized carbons (Fsp3) is 0.0455. The van der Waals surface area contributed by atoms with Gasteiger partial charge in [0.25, 0.3) is 0 Å². The number of ether oxygens (including phenoxy) is 1. The van der Waals surface area contributed by atoms with Crippen molar-refractivity contribution < 1.29 is 13.5 Å². The number of aromatic nitrogens is 4. The van der Waals surface area contributed by atoms with Crippen LogP contribution < -0.4 is 10.5 Å². The third kappa shape index (κ3) is 3.02. The highest BCUT2D eigenvalue weighted by atomic mass is 19.1. The van der Waals surface area contributed by atoms with Crippen molar-refractivity contribution in [1.82, 2.24) is 20.4 Å². The van der Waals surface area contributed by atoms with Gasteiger partial charge in [0.05, 0.1) is 29.1 Å². The van der Waals surface area contributed by atoms with Crippen LogP contribution in [0.4, 0.5) is 8.78 Å². The number of hydrogen-bond acceptors (Lipinski definition) is 5. The van der Waals surface area contributed by atoms with E-state index in [2.05, 4.69) is 26.5 Å². The van der Waals surface area contributed by atoms with Crippen LogP contribution in [0.5, 0.6) is 5.88 Å². The minimum absolute atomic E-state index is 0.0663. The highest BCUT2D eigenvalue weighted by Gasteiger charge is 2.37. The maximum Gasteiger partial charge on any atom is 0.244 e. The van der Waals surface area contributed by atoms with Crippen molar-refractivity contribution in [1.29, 1.82) is 5.26 Å². The summed E-state index contributed by atoms with van der Waals surface area (Å²) in [6.45, 7) is 0. The van der Waals surface area contributed by atoms with Gasteiger partial charge in [-0.1, -0.05) is 0 Å². The summed E-state index contributed by atoms with van der Waals surface area (Å²) in [5.41, 5.74) is 9.93. The zero-order valence-corrected chi connectivity index (χ0v) is 15.9. The molecule has 0 saturated carbocycles. The van der Waals surface area contributed by atoms with E-state index in [0.717, 1.165) is 0 Å². The molecule has 0 fully saturated rings. The molecule has 1 aliphatic heterocycles. The van der Waals surface area contributed by atoms with Crippen molar-refractivity contribution >= 4 is 0 Å². The third-order valence-electron chi connectivity index (χ3n) is 5.18. The summed E-state index contributed by atoms with van der Waals surface area (Å²) in [5.74, 6) is -1.25. The molecule has 152 valence electrons. The van der Waals surface area contributed by atoms with Gasteiger partial charge in [-0.15, -0.1) is 5.10 Å². The Bertz CT molecular complexity index is 1350. The molecule has 0 aliphatic carbocycles. The van der Waals surface area contributed by atoms with Crippen molar-refractivity contribution in [2.24, 2.45) is 5.73 Å². The lowest BCUT2D eigenvalue weighted by Crippen LogP contribution is -2.21. The molecule has 0 unspecified atom stereocenters. The maximum absolute atomic E-state index is 13.4. The normalized spacial score (nSPS) is 15.3. The van der Waals surface area contributed by atoms with Crippen LogP contribution in [0.3, 0.4) is 0 Å². The first kappa shape index (κ1) is 18.6. The summed E-state index contributed by atoms with van der Waals surface area (Å²) in [7, 11) is 0. The van der Waals surface area contributed by atoms with Gasteiger partial charge in [0, 0.05) is 16.7 Å². The third-order valence-corrected chi connectivity index (χ3v) is 5.18. The van der Waals surface area contributed by atoms with Gasteiger partial charge >= 0.3 is 0 Å². The number of fused-ring (bicyclic) bond motifs is 1. The van der Waals surface area contributed by atoms with E-state index in [4.69, 9.17) is 10.5 Å². The summed E-state index contributed by atoms with van der Waals surface area (Å²) < 4.78 is 32.5. The molecule has 0 radical (unpaired) electrons. The maximum atomic E-state index is 13.4. The van der Waals surface area contributed by atoms with Gasteiger partial charge in [-0.05, 0) is 48.5 Å². The lowest BCUT2D eigenvalue weighted by molar-refractivity contribution is 0.379. The predicted molar refractivity (Wildman–Crippen MR) is 107 cm³/mol. The van der Waals surface area contributed by atoms with E-state index < -0.39 is 5.92 Å². The number of nitrogens with one attached hydrogen (secondary N) is 2. The van der Waals surface area contributed by atoms with Crippen LogP contribution in [0, 0.1) is 23.0 Å². The molecule has 2 aromatic heterocycles. The first-order valence-corrected chi connectivity index (χ1v) is 9.27. The molecule has 3 heterocycles. The Labute approximate surface area is 174 Å². The molecular formula is C22H14F2N6O. The van der Waals surface area contributed by atoms with Gasteiger partial charge in [-0.25, -0.2) is 8.78 Å². The second-order valence-electron chi connectivity index (χ2n) is 6.96. The van der Waals surface area contributed by atoms with Gasteiger partial charge in [0.15, 0.2) is 0 Å². The number of nitrogens with two attached hydrogens (primary N) is 1. The van der Waals surface area contributed by atoms with E-state index in [1.807, 2.05) is 0 Å². The first-order valence-electron chi connectivity index (χ1n) is 9.27. The average molecular weight is 416 g/mol. The predicted octanol–water partition coefficient (Wildman–Crippen LogP) is 3.96. The molecule has 5 rings (SSSR count). The lowest BCUT2D eigenvalue weighted by atomic mass is 9.82. The quantitative estimate of drug-likeness (QED) is 0.467. The van der Waals surface area contributed by atoms with Crippen LogP contribution in [0.2, 0.25) is 0 Å². The molecular weight excluding hydrogens is 402 g/mol. The van der Waals surface area contributed by atoms with E-state index in [-0.39, 0.29) is 29.0 Å². The molecule has 2 aromatic carbocycles. The number of benzene rings is 2. The minimum Gasteiger partial charge on any atom is -0.420 e. The Morgan fingerprint density at radius 3 is 2.16 bits per heavy atom. The van der Waals surface area contributed by atoms with Crippen LogP contribution in [0.25, 0.3) is 22.5 Å². The number of aromatic amines is 2. The van der Waals surface area contributed by atoms with E-state index in [9.17, 15) is 14.0 Å². The standard InChI is InChI=1S/C22H14F2N6O/c23-13-5-1-11(2-6-13)19-16(10-27-28-19)17-15(9-25)21(26)31-22-18(17)20(29-30-22)12-3-7-14(24)8-4-12/h1-8,10,17H,26H2,(H,27,28)(H,29,30)/t17-/m1/s1. The summed E-state index contributed by atoms with van der Waals surface area (Å²) in [4.78, 5) is 0. The van der Waals surface area contributed by atoms with Gasteiger partial charge in [0.2, 0.25) is 11.8 Å². The molecule has 1 aliphatic rings. The smallest absolute Gasteiger partial charge is 0.244 e. The molecule has 0 spiro atoms. The van der Waals surface area contributed by atoms with Crippen molar-refractivity contribution in [2.75, 3.05) is 0 Å². The van der Waals surface area contributed by atoms with Crippen molar-refractivity contribution in [3.63, 3.8) is 0 Å². The number of nitrogens with zero attached hydrogens (tertiary/aromatic N) is 3. The fourth-order valence-corrected chi connectivity index (χ4v) is 3.75.